The van der Waals surface area contributed by atoms with Crippen molar-refractivity contribution >= 4 is 16.5 Å². The van der Waals surface area contributed by atoms with Crippen LogP contribution >= 0.6 is 0 Å². The lowest BCUT2D eigenvalue weighted by molar-refractivity contribution is 0.410. The lowest BCUT2D eigenvalue weighted by Gasteiger charge is -2.09. The molecule has 0 aliphatic rings. The summed E-state index contributed by atoms with van der Waals surface area (Å²) in [5.41, 5.74) is 1.69. The summed E-state index contributed by atoms with van der Waals surface area (Å²) in [4.78, 5) is 3.98. The molecule has 0 unspecified atom stereocenters. The molecule has 3 aromatic rings. The molecule has 1 heterocycles. The maximum absolute atomic E-state index is 9.13. The van der Waals surface area contributed by atoms with Crippen LogP contribution in [0.2, 0.25) is 0 Å². The Balaban J connectivity index is 1.83. The van der Waals surface area contributed by atoms with Crippen LogP contribution in [0, 0.1) is 11.3 Å². The minimum Gasteiger partial charge on any atom is -0.384 e. The van der Waals surface area contributed by atoms with E-state index in [-0.39, 0.29) is 0 Å². The molecule has 0 atom stereocenters. The second kappa shape index (κ2) is 5.41. The van der Waals surface area contributed by atoms with Gasteiger partial charge in [0.2, 0.25) is 6.39 Å². The molecule has 1 aromatic heterocycles. The van der Waals surface area contributed by atoms with Crippen molar-refractivity contribution in [3.05, 3.63) is 54.2 Å². The lowest BCUT2D eigenvalue weighted by atomic mass is 10.0. The van der Waals surface area contributed by atoms with Crippen molar-refractivity contribution in [3.63, 3.8) is 0 Å². The Morgan fingerprint density at radius 3 is 2.75 bits per heavy atom. The first-order valence-electron chi connectivity index (χ1n) is 6.29. The van der Waals surface area contributed by atoms with Crippen molar-refractivity contribution in [2.24, 2.45) is 0 Å². The molecule has 0 aliphatic carbocycles. The van der Waals surface area contributed by atoms with Crippen LogP contribution in [-0.4, -0.2) is 16.7 Å². The Kier molecular flexibility index (Phi) is 3.29. The zero-order valence-electron chi connectivity index (χ0n) is 10.7. The summed E-state index contributed by atoms with van der Waals surface area (Å²) in [5, 5.41) is 18.2. The second-order valence-corrected chi connectivity index (χ2v) is 4.34. The lowest BCUT2D eigenvalue weighted by Crippen LogP contribution is -2.06. The smallest absolute Gasteiger partial charge is 0.213 e. The Morgan fingerprint density at radius 2 is 2.00 bits per heavy atom. The highest BCUT2D eigenvalue weighted by atomic mass is 16.5. The van der Waals surface area contributed by atoms with Crippen LogP contribution in [0.1, 0.15) is 11.4 Å². The van der Waals surface area contributed by atoms with E-state index in [1.807, 2.05) is 36.4 Å². The molecule has 0 bridgehead atoms. The fourth-order valence-electron chi connectivity index (χ4n) is 2.16. The van der Waals surface area contributed by atoms with Gasteiger partial charge in [0.1, 0.15) is 0 Å². The molecular formula is C15H12N4O. The zero-order chi connectivity index (χ0) is 13.8. The SMILES string of the molecule is N#Cc1ccc(NCCc2ncon2)c2ccccc12. The summed E-state index contributed by atoms with van der Waals surface area (Å²) in [6, 6.07) is 13.8. The second-order valence-electron chi connectivity index (χ2n) is 4.34. The Labute approximate surface area is 115 Å². The van der Waals surface area contributed by atoms with E-state index in [0.717, 1.165) is 16.5 Å². The molecule has 2 aromatic carbocycles. The Hall–Kier alpha value is -2.87. The summed E-state index contributed by atoms with van der Waals surface area (Å²) < 4.78 is 4.69. The highest BCUT2D eigenvalue weighted by Gasteiger charge is 2.05. The molecule has 3 rings (SSSR count). The summed E-state index contributed by atoms with van der Waals surface area (Å²) >= 11 is 0. The van der Waals surface area contributed by atoms with E-state index < -0.39 is 0 Å². The average molecular weight is 264 g/mol. The van der Waals surface area contributed by atoms with Gasteiger partial charge in [-0.3, -0.25) is 0 Å². The number of anilines is 1. The molecule has 0 fully saturated rings. The quantitative estimate of drug-likeness (QED) is 0.784. The highest BCUT2D eigenvalue weighted by molar-refractivity contribution is 5.97. The monoisotopic (exact) mass is 264 g/mol. The minimum absolute atomic E-state index is 0.676. The number of nitrogens with zero attached hydrogens (tertiary/aromatic N) is 3. The molecule has 0 saturated carbocycles. The van der Waals surface area contributed by atoms with Crippen molar-refractivity contribution in [2.45, 2.75) is 6.42 Å². The van der Waals surface area contributed by atoms with Gasteiger partial charge < -0.3 is 9.84 Å². The van der Waals surface area contributed by atoms with Crippen LogP contribution in [0.15, 0.2) is 47.3 Å². The molecule has 0 amide bonds. The number of nitrogens with one attached hydrogen (secondary N) is 1. The maximum atomic E-state index is 9.13. The van der Waals surface area contributed by atoms with Gasteiger partial charge in [0.25, 0.3) is 0 Å². The van der Waals surface area contributed by atoms with Crippen molar-refractivity contribution in [1.29, 1.82) is 5.26 Å². The Morgan fingerprint density at radius 1 is 1.15 bits per heavy atom. The van der Waals surface area contributed by atoms with Crippen molar-refractivity contribution in [1.82, 2.24) is 10.1 Å². The topological polar surface area (TPSA) is 74.7 Å². The molecule has 0 radical (unpaired) electrons. The first-order chi connectivity index (χ1) is 9.88. The summed E-state index contributed by atoms with van der Waals surface area (Å²) in [7, 11) is 0. The van der Waals surface area contributed by atoms with Crippen molar-refractivity contribution in [2.75, 3.05) is 11.9 Å². The van der Waals surface area contributed by atoms with Gasteiger partial charge in [-0.15, -0.1) is 0 Å². The number of benzene rings is 2. The van der Waals surface area contributed by atoms with E-state index >= 15 is 0 Å². The largest absolute Gasteiger partial charge is 0.384 e. The summed E-state index contributed by atoms with van der Waals surface area (Å²) in [6.07, 6.45) is 2.01. The van der Waals surface area contributed by atoms with Gasteiger partial charge in [0.15, 0.2) is 5.82 Å². The minimum atomic E-state index is 0.676. The molecule has 1 N–H and O–H groups in total. The number of nitriles is 1. The van der Waals surface area contributed by atoms with Crippen molar-refractivity contribution < 1.29 is 4.52 Å². The highest BCUT2D eigenvalue weighted by Crippen LogP contribution is 2.26. The number of hydrogen-bond donors (Lipinski definition) is 1. The van der Waals surface area contributed by atoms with E-state index in [1.165, 1.54) is 6.39 Å². The van der Waals surface area contributed by atoms with Crippen LogP contribution in [0.25, 0.3) is 10.8 Å². The molecule has 20 heavy (non-hydrogen) atoms. The van der Waals surface area contributed by atoms with Gasteiger partial charge in [-0.2, -0.15) is 10.2 Å². The third-order valence-corrected chi connectivity index (χ3v) is 3.12. The summed E-state index contributed by atoms with van der Waals surface area (Å²) in [5.74, 6) is 0.676. The molecule has 5 heteroatoms. The number of aromatic nitrogens is 2. The Bertz CT molecular complexity index is 759. The predicted molar refractivity (Wildman–Crippen MR) is 75.2 cm³/mol. The molecule has 5 nitrogen and oxygen atoms in total. The molecule has 0 aliphatic heterocycles. The van der Waals surface area contributed by atoms with Crippen LogP contribution in [0.4, 0.5) is 5.69 Å². The standard InChI is InChI=1S/C15H12N4O/c16-9-11-5-6-14(13-4-2-1-3-12(11)13)17-8-7-15-18-10-20-19-15/h1-6,10,17H,7-8H2. The van der Waals surface area contributed by atoms with Gasteiger partial charge >= 0.3 is 0 Å². The summed E-state index contributed by atoms with van der Waals surface area (Å²) in [6.45, 7) is 0.704. The molecule has 0 spiro atoms. The predicted octanol–water partition coefficient (Wildman–Crippen LogP) is 2.75. The first kappa shape index (κ1) is 12.2. The average Bonchev–Trinajstić information content (AvgIpc) is 3.01. The number of fused-ring (bicyclic) bond motifs is 1. The van der Waals surface area contributed by atoms with Crippen LogP contribution in [-0.2, 0) is 6.42 Å². The van der Waals surface area contributed by atoms with Crippen molar-refractivity contribution in [3.8, 4) is 6.07 Å². The fraction of sp³-hybridized carbons (Fsp3) is 0.133. The van der Waals surface area contributed by atoms with Crippen LogP contribution in [0.5, 0.6) is 0 Å². The normalized spacial score (nSPS) is 10.3. The van der Waals surface area contributed by atoms with E-state index in [9.17, 15) is 0 Å². The van der Waals surface area contributed by atoms with Gasteiger partial charge in [0, 0.05) is 29.4 Å². The van der Waals surface area contributed by atoms with Gasteiger partial charge in [-0.05, 0) is 12.1 Å². The fourth-order valence-corrected chi connectivity index (χ4v) is 2.16. The van der Waals surface area contributed by atoms with E-state index in [1.54, 1.807) is 0 Å². The molecule has 98 valence electrons. The number of hydrogen-bond acceptors (Lipinski definition) is 5. The van der Waals surface area contributed by atoms with Gasteiger partial charge in [-0.1, -0.05) is 29.4 Å². The van der Waals surface area contributed by atoms with E-state index in [2.05, 4.69) is 21.5 Å². The number of rotatable bonds is 4. The maximum Gasteiger partial charge on any atom is 0.213 e. The van der Waals surface area contributed by atoms with Gasteiger partial charge in [-0.25, -0.2) is 0 Å². The first-order valence-corrected chi connectivity index (χ1v) is 6.29. The third-order valence-electron chi connectivity index (χ3n) is 3.12. The van der Waals surface area contributed by atoms with Gasteiger partial charge in [0.05, 0.1) is 11.6 Å². The third kappa shape index (κ3) is 2.31. The van der Waals surface area contributed by atoms with E-state index in [0.29, 0.717) is 24.4 Å². The van der Waals surface area contributed by atoms with E-state index in [4.69, 9.17) is 9.78 Å². The molecule has 0 saturated heterocycles. The van der Waals surface area contributed by atoms with Crippen LogP contribution in [0.3, 0.4) is 0 Å². The molecular weight excluding hydrogens is 252 g/mol. The van der Waals surface area contributed by atoms with Crippen LogP contribution < -0.4 is 5.32 Å². The zero-order valence-corrected chi connectivity index (χ0v) is 10.7.